The fraction of sp³-hybridized carbons (Fsp3) is 0.229. The first kappa shape index (κ1) is 83.7. The first-order valence-corrected chi connectivity index (χ1v) is 43.4. The maximum absolute atomic E-state index is 14.5. The van der Waals surface area contributed by atoms with E-state index in [4.69, 9.17) is 18.9 Å². The summed E-state index contributed by atoms with van der Waals surface area (Å²) < 4.78 is 38.5. The van der Waals surface area contributed by atoms with Gasteiger partial charge in [-0.05, 0) is 236 Å². The predicted octanol–water partition coefficient (Wildman–Crippen LogP) is 29.8. The summed E-state index contributed by atoms with van der Waals surface area (Å²) in [5.74, 6) is 3.80. The topological polar surface area (TPSA) is 62.8 Å². The molecule has 0 saturated carbocycles. The second kappa shape index (κ2) is 38.3. The highest BCUT2D eigenvalue weighted by molar-refractivity contribution is 6.00. The SMILES string of the molecule is CC(C)N1c2ccccc2N(C(C)C)c2cc(-c3ccccc3Oc3ccccc3)ccc21.CCCCN1c2ccccc2N(CCCC)c2cc(-c3ccccc3OCc3ccccc3)ccc21.CCN1c2ccccc2N(CC)c2cc(-c3ccccc3OC(C)C)ccc21.COc1cccc(F)c1-c1ccc2c(c1)N(C)c1ccccc1N2C. The summed E-state index contributed by atoms with van der Waals surface area (Å²) in [5, 5.41) is 0. The Kier molecular flexibility index (Phi) is 26.3. The number of fused-ring (bicyclic) bond motifs is 8. The van der Waals surface area contributed by atoms with Gasteiger partial charge in [0.1, 0.15) is 41.2 Å². The Labute approximate surface area is 722 Å². The van der Waals surface area contributed by atoms with E-state index in [-0.39, 0.29) is 11.9 Å². The van der Waals surface area contributed by atoms with Gasteiger partial charge in [0, 0.05) is 69.0 Å². The minimum atomic E-state index is -0.286. The van der Waals surface area contributed by atoms with E-state index in [1.807, 2.05) is 99.0 Å². The molecule has 13 heteroatoms. The zero-order valence-electron chi connectivity index (χ0n) is 72.8. The van der Waals surface area contributed by atoms with Crippen LogP contribution in [0.1, 0.15) is 100 Å². The predicted molar refractivity (Wildman–Crippen MR) is 513 cm³/mol. The third-order valence-electron chi connectivity index (χ3n) is 23.0. The van der Waals surface area contributed by atoms with Crippen LogP contribution in [-0.2, 0) is 6.61 Å². The van der Waals surface area contributed by atoms with Crippen molar-refractivity contribution in [2.75, 3.05) is 86.6 Å². The fourth-order valence-corrected chi connectivity index (χ4v) is 17.3. The summed E-state index contributed by atoms with van der Waals surface area (Å²) in [5.41, 5.74) is 28.9. The van der Waals surface area contributed by atoms with E-state index in [2.05, 4.69) is 327 Å². The molecule has 18 rings (SSSR count). The number of methoxy groups -OCH3 is 1. The molecule has 12 nitrogen and oxygen atoms in total. The maximum atomic E-state index is 14.5. The molecule has 0 amide bonds. The van der Waals surface area contributed by atoms with Gasteiger partial charge in [-0.2, -0.15) is 0 Å². The summed E-state index contributed by atoms with van der Waals surface area (Å²) in [7, 11) is 5.65. The van der Waals surface area contributed by atoms with Crippen LogP contribution in [0.5, 0.6) is 28.7 Å². The van der Waals surface area contributed by atoms with Gasteiger partial charge in [0.15, 0.2) is 0 Å². The van der Waals surface area contributed by atoms with Crippen molar-refractivity contribution in [1.82, 2.24) is 0 Å². The minimum absolute atomic E-state index is 0.147. The van der Waals surface area contributed by atoms with E-state index < -0.39 is 0 Å². The lowest BCUT2D eigenvalue weighted by atomic mass is 9.98. The number of anilines is 16. The average Bonchev–Trinajstić information content (AvgIpc) is 0.748. The number of ether oxygens (including phenoxy) is 4. The van der Waals surface area contributed by atoms with Crippen molar-refractivity contribution < 1.29 is 23.3 Å². The van der Waals surface area contributed by atoms with Crippen LogP contribution < -0.4 is 58.1 Å². The van der Waals surface area contributed by atoms with E-state index in [9.17, 15) is 4.39 Å². The van der Waals surface area contributed by atoms with Crippen LogP contribution in [0.3, 0.4) is 0 Å². The molecule has 14 aromatic rings. The number of benzene rings is 14. The molecule has 0 unspecified atom stereocenters. The van der Waals surface area contributed by atoms with Crippen LogP contribution in [0.15, 0.2) is 322 Å². The van der Waals surface area contributed by atoms with Crippen LogP contribution >= 0.6 is 0 Å². The number of halogens is 1. The number of unbranched alkanes of at least 4 members (excludes halogenated alkanes) is 2. The highest BCUT2D eigenvalue weighted by Gasteiger charge is 2.34. The molecule has 122 heavy (non-hydrogen) atoms. The van der Waals surface area contributed by atoms with Gasteiger partial charge in [-0.25, -0.2) is 4.39 Å². The van der Waals surface area contributed by atoms with Gasteiger partial charge in [0.2, 0.25) is 0 Å². The van der Waals surface area contributed by atoms with Gasteiger partial charge in [0.25, 0.3) is 0 Å². The van der Waals surface area contributed by atoms with Crippen LogP contribution in [0.4, 0.5) is 95.4 Å². The molecule has 0 bridgehead atoms. The first-order chi connectivity index (χ1) is 59.6. The quantitative estimate of drug-likeness (QED) is 0.0649. The normalized spacial score (nSPS) is 12.6. The molecule has 0 aliphatic carbocycles. The molecule has 4 heterocycles. The lowest BCUT2D eigenvalue weighted by Gasteiger charge is -2.44. The van der Waals surface area contributed by atoms with Gasteiger partial charge in [-0.1, -0.05) is 209 Å². The van der Waals surface area contributed by atoms with Crippen molar-refractivity contribution in [1.29, 1.82) is 0 Å². The number of hydrogen-bond acceptors (Lipinski definition) is 12. The van der Waals surface area contributed by atoms with Gasteiger partial charge in [0.05, 0.1) is 110 Å². The summed E-state index contributed by atoms with van der Waals surface area (Å²) in [6.45, 7) is 26.6. The number of nitrogens with zero attached hydrogens (tertiary/aromatic N) is 8. The van der Waals surface area contributed by atoms with Crippen LogP contribution in [-0.4, -0.2) is 65.6 Å². The van der Waals surface area contributed by atoms with Gasteiger partial charge < -0.3 is 58.1 Å². The van der Waals surface area contributed by atoms with Gasteiger partial charge in [-0.15, -0.1) is 0 Å². The summed E-state index contributed by atoms with van der Waals surface area (Å²) in [4.78, 5) is 19.0. The van der Waals surface area contributed by atoms with Crippen molar-refractivity contribution >= 4 is 91.0 Å². The average molecular weight is 1620 g/mol. The smallest absolute Gasteiger partial charge is 0.135 e. The number of para-hydroxylation sites is 12. The summed E-state index contributed by atoms with van der Waals surface area (Å²) >= 11 is 0. The Bertz CT molecular complexity index is 5910. The first-order valence-electron chi connectivity index (χ1n) is 43.4. The maximum Gasteiger partial charge on any atom is 0.135 e. The Morgan fingerprint density at radius 3 is 1.20 bits per heavy atom. The standard InChI is InChI=1S/C33H36N2O.C30H30N2O.C25H28N2O.C21H19FN2O/c1-3-5-22-34-29-17-11-12-18-30(29)35(23-6-4-2)32-24-27(20-21-31(32)34)28-16-10-13-19-33(28)36-25-26-14-8-7-9-15-26;1-21(2)31-26-15-9-10-16-27(26)32(22(3)4)29-20-23(18-19-28(29)31)25-14-8-11-17-30(25)33-24-12-6-5-7-13-24;1-5-26-21-12-8-9-13-22(21)27(6-2)24-17-19(15-16-23(24)26)20-11-7-10-14-25(20)28-18(3)4;1-23-16-8-4-5-9-17(16)24(2)19-13-14(11-12-18(19)23)21-15(22)7-6-10-20(21)25-3/h7-21,24H,3-6,22-23,25H2,1-2H3;5-22H,1-4H3;7-18H,5-6H2,1-4H3;4-13H,1-3H3. The van der Waals surface area contributed by atoms with Crippen molar-refractivity contribution in [3.8, 4) is 73.3 Å². The Morgan fingerprint density at radius 1 is 0.311 bits per heavy atom. The zero-order chi connectivity index (χ0) is 84.9. The van der Waals surface area contributed by atoms with Crippen LogP contribution in [0.25, 0.3) is 44.5 Å². The van der Waals surface area contributed by atoms with E-state index in [1.165, 1.54) is 110 Å². The van der Waals surface area contributed by atoms with Crippen molar-refractivity contribution in [3.05, 3.63) is 333 Å². The molecule has 4 aliphatic rings. The molecule has 0 saturated heterocycles. The second-order valence-electron chi connectivity index (χ2n) is 32.0. The number of rotatable bonds is 22. The Balaban J connectivity index is 0.000000127. The molecule has 14 aromatic carbocycles. The largest absolute Gasteiger partial charge is 0.496 e. The lowest BCUT2D eigenvalue weighted by Crippen LogP contribution is -2.36. The van der Waals surface area contributed by atoms with E-state index in [1.54, 1.807) is 19.2 Å². The van der Waals surface area contributed by atoms with Crippen LogP contribution in [0.2, 0.25) is 0 Å². The fourth-order valence-electron chi connectivity index (χ4n) is 17.3. The van der Waals surface area contributed by atoms with E-state index >= 15 is 0 Å². The molecular formula is C109H113FN8O4. The molecule has 0 N–H and O–H groups in total. The zero-order valence-corrected chi connectivity index (χ0v) is 72.8. The molecule has 0 radical (unpaired) electrons. The van der Waals surface area contributed by atoms with Crippen LogP contribution in [0, 0.1) is 5.82 Å². The summed E-state index contributed by atoms with van der Waals surface area (Å²) in [6, 6.07) is 112. The molecule has 4 aliphatic heterocycles. The number of hydrogen-bond donors (Lipinski definition) is 0. The van der Waals surface area contributed by atoms with E-state index in [0.29, 0.717) is 30.0 Å². The molecule has 0 aromatic heterocycles. The molecular weight excluding hydrogens is 1500 g/mol. The molecule has 0 fully saturated rings. The molecule has 620 valence electrons. The lowest BCUT2D eigenvalue weighted by molar-refractivity contribution is 0.243. The Morgan fingerprint density at radius 2 is 0.672 bits per heavy atom. The van der Waals surface area contributed by atoms with Gasteiger partial charge in [-0.3, -0.25) is 0 Å². The van der Waals surface area contributed by atoms with Gasteiger partial charge >= 0.3 is 0 Å². The van der Waals surface area contributed by atoms with E-state index in [0.717, 1.165) is 106 Å². The van der Waals surface area contributed by atoms with Crippen molar-refractivity contribution in [2.24, 2.45) is 0 Å². The third kappa shape index (κ3) is 17.5. The minimum Gasteiger partial charge on any atom is -0.496 e. The molecule has 0 spiro atoms. The monoisotopic (exact) mass is 1620 g/mol. The third-order valence-corrected chi connectivity index (χ3v) is 23.0. The Hall–Kier alpha value is -13.4. The van der Waals surface area contributed by atoms with Crippen molar-refractivity contribution in [2.45, 2.75) is 120 Å². The molecule has 0 atom stereocenters. The highest BCUT2D eigenvalue weighted by Crippen LogP contribution is 2.55. The summed E-state index contributed by atoms with van der Waals surface area (Å²) in [6.07, 6.45) is 4.82. The second-order valence-corrected chi connectivity index (χ2v) is 32.0. The van der Waals surface area contributed by atoms with Crippen molar-refractivity contribution in [3.63, 3.8) is 0 Å². The highest BCUT2D eigenvalue weighted by atomic mass is 19.1.